The van der Waals surface area contributed by atoms with Crippen molar-refractivity contribution in [3.63, 3.8) is 0 Å². The van der Waals surface area contributed by atoms with E-state index in [1.165, 1.54) is 0 Å². The molecule has 0 aromatic carbocycles. The zero-order valence-corrected chi connectivity index (χ0v) is 4.33. The fourth-order valence-electron chi connectivity index (χ4n) is 0.0915. The fraction of sp³-hybridized carbons (Fsp3) is 0. The predicted octanol–water partition coefficient (Wildman–Crippen LogP) is -1.11. The predicted molar refractivity (Wildman–Crippen MR) is 25.3 cm³/mol. The van der Waals surface area contributed by atoms with Gasteiger partial charge in [-0.25, -0.2) is 9.59 Å². The fourth-order valence-corrected chi connectivity index (χ4v) is 0.0915. The molecule has 52 valence electrons. The first kappa shape index (κ1) is 10.5. The molecule has 0 atom stereocenters. The van der Waals surface area contributed by atoms with Gasteiger partial charge in [-0.3, -0.25) is 4.79 Å². The van der Waals surface area contributed by atoms with Gasteiger partial charge >= 0.3 is 17.7 Å². The van der Waals surface area contributed by atoms with Gasteiger partial charge in [0, 0.05) is 0 Å². The van der Waals surface area contributed by atoms with Crippen molar-refractivity contribution in [3.8, 4) is 0 Å². The molecule has 0 spiro atoms. The Balaban J connectivity index is 0. The Morgan fingerprint density at radius 3 is 1.11 bits per heavy atom. The number of ketones is 1. The largest absolute Gasteiger partial charge is 0.475 e. The first-order valence-corrected chi connectivity index (χ1v) is 1.56. The minimum Gasteiger partial charge on any atom is -0.475 e. The lowest BCUT2D eigenvalue weighted by molar-refractivity contribution is -0.159. The van der Waals surface area contributed by atoms with Gasteiger partial charge in [-0.05, 0) is 0 Å². The van der Waals surface area contributed by atoms with Crippen molar-refractivity contribution in [2.24, 2.45) is 0 Å². The molecule has 0 aromatic heterocycles. The standard InChI is InChI=1S/C3H2O5.H3N/c4-1(2(5)6)3(7)8;/h(H,5,6)(H,7,8);1H3. The summed E-state index contributed by atoms with van der Waals surface area (Å²) in [5.41, 5.74) is 0. The minimum absolute atomic E-state index is 0. The van der Waals surface area contributed by atoms with Crippen LogP contribution in [0.15, 0.2) is 0 Å². The highest BCUT2D eigenvalue weighted by molar-refractivity contribution is 6.59. The van der Waals surface area contributed by atoms with Crippen LogP contribution in [0.2, 0.25) is 0 Å². The van der Waals surface area contributed by atoms with E-state index in [2.05, 4.69) is 0 Å². The Kier molecular flexibility index (Phi) is 4.16. The Labute approximate surface area is 49.7 Å². The number of hydrogen-bond acceptors (Lipinski definition) is 4. The summed E-state index contributed by atoms with van der Waals surface area (Å²) < 4.78 is 0. The van der Waals surface area contributed by atoms with E-state index >= 15 is 0 Å². The molecule has 0 bridgehead atoms. The van der Waals surface area contributed by atoms with E-state index in [1.807, 2.05) is 0 Å². The molecule has 0 aliphatic carbocycles. The van der Waals surface area contributed by atoms with Gasteiger partial charge in [0.05, 0.1) is 0 Å². The quantitative estimate of drug-likeness (QED) is 0.325. The summed E-state index contributed by atoms with van der Waals surface area (Å²) in [5.74, 6) is -5.71. The lowest BCUT2D eigenvalue weighted by Gasteiger charge is -1.80. The molecular formula is C3H5NO5. The molecule has 0 aliphatic heterocycles. The van der Waals surface area contributed by atoms with Crippen LogP contribution in [0, 0.1) is 0 Å². The number of carboxylic acids is 2. The summed E-state index contributed by atoms with van der Waals surface area (Å²) in [6.45, 7) is 0. The van der Waals surface area contributed by atoms with Gasteiger partial charge in [0.15, 0.2) is 0 Å². The van der Waals surface area contributed by atoms with Gasteiger partial charge in [-0.1, -0.05) is 0 Å². The Hall–Kier alpha value is -1.43. The summed E-state index contributed by atoms with van der Waals surface area (Å²) in [6, 6.07) is 0. The van der Waals surface area contributed by atoms with Crippen molar-refractivity contribution in [2.45, 2.75) is 0 Å². The van der Waals surface area contributed by atoms with Crippen LogP contribution in [-0.4, -0.2) is 27.9 Å². The first-order chi connectivity index (χ1) is 3.55. The Bertz CT molecular complexity index is 134. The number of carboxylic acid groups (broad SMARTS) is 2. The van der Waals surface area contributed by atoms with Crippen LogP contribution < -0.4 is 6.15 Å². The summed E-state index contributed by atoms with van der Waals surface area (Å²) in [6.07, 6.45) is 0. The number of carbonyl (C=O) groups is 3. The van der Waals surface area contributed by atoms with Crippen molar-refractivity contribution in [1.82, 2.24) is 6.15 Å². The van der Waals surface area contributed by atoms with E-state index in [9.17, 15) is 14.4 Å². The lowest BCUT2D eigenvalue weighted by Crippen LogP contribution is -2.22. The third-order valence-electron chi connectivity index (χ3n) is 0.388. The van der Waals surface area contributed by atoms with Crippen molar-refractivity contribution >= 4 is 17.7 Å². The summed E-state index contributed by atoms with van der Waals surface area (Å²) in [7, 11) is 0. The van der Waals surface area contributed by atoms with E-state index in [1.54, 1.807) is 0 Å². The van der Waals surface area contributed by atoms with Gasteiger partial charge in [-0.15, -0.1) is 0 Å². The van der Waals surface area contributed by atoms with Gasteiger partial charge in [0.25, 0.3) is 0 Å². The average molecular weight is 135 g/mol. The molecule has 6 heteroatoms. The number of rotatable bonds is 2. The van der Waals surface area contributed by atoms with Crippen molar-refractivity contribution in [1.29, 1.82) is 0 Å². The molecular weight excluding hydrogens is 130 g/mol. The topological polar surface area (TPSA) is 127 Å². The van der Waals surface area contributed by atoms with Gasteiger partial charge in [-0.2, -0.15) is 0 Å². The van der Waals surface area contributed by atoms with E-state index < -0.39 is 17.7 Å². The zero-order chi connectivity index (χ0) is 6.73. The molecule has 0 rings (SSSR count). The molecule has 0 heterocycles. The third kappa shape index (κ3) is 3.18. The van der Waals surface area contributed by atoms with Crippen molar-refractivity contribution in [2.75, 3.05) is 0 Å². The monoisotopic (exact) mass is 135 g/mol. The molecule has 0 aromatic rings. The maximum absolute atomic E-state index is 9.64. The summed E-state index contributed by atoms with van der Waals surface area (Å²) in [5, 5.41) is 15.2. The lowest BCUT2D eigenvalue weighted by atomic mass is 10.4. The third-order valence-corrected chi connectivity index (χ3v) is 0.388. The molecule has 0 radical (unpaired) electrons. The maximum Gasteiger partial charge on any atom is 0.384 e. The number of aliphatic carboxylic acids is 2. The number of Topliss-reactive ketones (excluding diaryl/α,β-unsaturated/α-hetero) is 1. The van der Waals surface area contributed by atoms with Crippen LogP contribution in [0.5, 0.6) is 0 Å². The second-order valence-electron chi connectivity index (χ2n) is 0.939. The molecule has 5 N–H and O–H groups in total. The van der Waals surface area contributed by atoms with Crippen molar-refractivity contribution < 1.29 is 24.6 Å². The van der Waals surface area contributed by atoms with Crippen LogP contribution in [0.4, 0.5) is 0 Å². The molecule has 0 saturated carbocycles. The van der Waals surface area contributed by atoms with Crippen LogP contribution in [0.25, 0.3) is 0 Å². The van der Waals surface area contributed by atoms with Crippen LogP contribution in [-0.2, 0) is 14.4 Å². The normalized spacial score (nSPS) is 7.11. The smallest absolute Gasteiger partial charge is 0.384 e. The summed E-state index contributed by atoms with van der Waals surface area (Å²) >= 11 is 0. The molecule has 6 nitrogen and oxygen atoms in total. The average Bonchev–Trinajstić information content (AvgIpc) is 1.64. The second-order valence-corrected chi connectivity index (χ2v) is 0.939. The zero-order valence-electron chi connectivity index (χ0n) is 4.33. The molecule has 0 fully saturated rings. The highest BCUT2D eigenvalue weighted by Gasteiger charge is 2.19. The molecule has 0 unspecified atom stereocenters. The summed E-state index contributed by atoms with van der Waals surface area (Å²) in [4.78, 5) is 28.5. The maximum atomic E-state index is 9.64. The molecule has 0 amide bonds. The van der Waals surface area contributed by atoms with Gasteiger partial charge in [0.1, 0.15) is 0 Å². The highest BCUT2D eigenvalue weighted by atomic mass is 16.4. The molecule has 0 aliphatic rings. The minimum atomic E-state index is -1.95. The van der Waals surface area contributed by atoms with E-state index in [0.29, 0.717) is 0 Å². The Morgan fingerprint density at radius 1 is 0.889 bits per heavy atom. The van der Waals surface area contributed by atoms with Crippen LogP contribution in [0.3, 0.4) is 0 Å². The number of carbonyl (C=O) groups excluding carboxylic acids is 1. The molecule has 0 saturated heterocycles. The van der Waals surface area contributed by atoms with Gasteiger partial charge in [0.2, 0.25) is 0 Å². The van der Waals surface area contributed by atoms with Crippen molar-refractivity contribution in [3.05, 3.63) is 0 Å². The number of hydrogen-bond donors (Lipinski definition) is 3. The second kappa shape index (κ2) is 3.56. The van der Waals surface area contributed by atoms with E-state index in [4.69, 9.17) is 10.2 Å². The first-order valence-electron chi connectivity index (χ1n) is 1.56. The molecule has 9 heavy (non-hydrogen) atoms. The van der Waals surface area contributed by atoms with Gasteiger partial charge < -0.3 is 16.4 Å². The van der Waals surface area contributed by atoms with E-state index in [-0.39, 0.29) is 6.15 Å². The SMILES string of the molecule is N.O=C(O)C(=O)C(=O)O. The van der Waals surface area contributed by atoms with Crippen LogP contribution in [0.1, 0.15) is 0 Å². The van der Waals surface area contributed by atoms with Crippen LogP contribution >= 0.6 is 0 Å². The van der Waals surface area contributed by atoms with E-state index in [0.717, 1.165) is 0 Å². The highest BCUT2D eigenvalue weighted by Crippen LogP contribution is 1.69. The Morgan fingerprint density at radius 2 is 1.11 bits per heavy atom.